The fourth-order valence-electron chi connectivity index (χ4n) is 3.69. The summed E-state index contributed by atoms with van der Waals surface area (Å²) in [5.74, 6) is 0.652. The molecule has 0 unspecified atom stereocenters. The molecule has 2 heterocycles. The van der Waals surface area contributed by atoms with Crippen LogP contribution in [-0.4, -0.2) is 73.1 Å². The Morgan fingerprint density at radius 1 is 1.22 bits per heavy atom. The summed E-state index contributed by atoms with van der Waals surface area (Å²) in [4.78, 5) is 32.1. The predicted octanol–water partition coefficient (Wildman–Crippen LogP) is 2.85. The Morgan fingerprint density at radius 2 is 1.84 bits per heavy atom. The zero-order valence-electron chi connectivity index (χ0n) is 20.0. The SMILES string of the molecule is CSc1cc(NC(=O)CC(C)(C)C)ncc1C[C@H](C)CC(=O)N1CCN(S(C)(=O)=O)CC1. The Bertz CT molecular complexity index is 920. The van der Waals surface area contributed by atoms with Crippen LogP contribution in [0.5, 0.6) is 0 Å². The van der Waals surface area contributed by atoms with E-state index in [1.807, 2.05) is 40.0 Å². The summed E-state index contributed by atoms with van der Waals surface area (Å²) in [6.45, 7) is 9.65. The minimum Gasteiger partial charge on any atom is -0.340 e. The monoisotopic (exact) mass is 484 g/mol. The van der Waals surface area contributed by atoms with Crippen molar-refractivity contribution in [3.8, 4) is 0 Å². The number of hydrogen-bond donors (Lipinski definition) is 1. The number of hydrogen-bond acceptors (Lipinski definition) is 6. The Morgan fingerprint density at radius 3 is 2.38 bits per heavy atom. The van der Waals surface area contributed by atoms with Gasteiger partial charge in [-0.15, -0.1) is 11.8 Å². The van der Waals surface area contributed by atoms with Crippen molar-refractivity contribution in [3.63, 3.8) is 0 Å². The first-order valence-electron chi connectivity index (χ1n) is 10.8. The van der Waals surface area contributed by atoms with E-state index < -0.39 is 10.0 Å². The number of sulfonamides is 1. The molecule has 1 aromatic heterocycles. The zero-order chi connectivity index (χ0) is 24.1. The second kappa shape index (κ2) is 11.0. The number of nitrogens with one attached hydrogen (secondary N) is 1. The second-order valence-electron chi connectivity index (χ2n) is 9.72. The number of thioether (sulfide) groups is 1. The van der Waals surface area contributed by atoms with Crippen molar-refractivity contribution < 1.29 is 18.0 Å². The van der Waals surface area contributed by atoms with Crippen LogP contribution >= 0.6 is 11.8 Å². The van der Waals surface area contributed by atoms with E-state index in [4.69, 9.17) is 0 Å². The van der Waals surface area contributed by atoms with Crippen molar-refractivity contribution in [1.29, 1.82) is 0 Å². The normalized spacial score (nSPS) is 16.6. The first-order valence-corrected chi connectivity index (χ1v) is 13.9. The first kappa shape index (κ1) is 26.6. The largest absolute Gasteiger partial charge is 0.340 e. The summed E-state index contributed by atoms with van der Waals surface area (Å²) < 4.78 is 24.7. The lowest BCUT2D eigenvalue weighted by molar-refractivity contribution is -0.133. The van der Waals surface area contributed by atoms with Gasteiger partial charge in [-0.1, -0.05) is 27.7 Å². The molecule has 0 aromatic carbocycles. The Labute approximate surface area is 196 Å². The van der Waals surface area contributed by atoms with Gasteiger partial charge in [-0.2, -0.15) is 4.31 Å². The van der Waals surface area contributed by atoms with Crippen molar-refractivity contribution in [2.24, 2.45) is 11.3 Å². The van der Waals surface area contributed by atoms with Gasteiger partial charge in [0, 0.05) is 50.1 Å². The molecule has 1 saturated heterocycles. The average molecular weight is 485 g/mol. The number of piperazine rings is 1. The van der Waals surface area contributed by atoms with Crippen LogP contribution in [0.15, 0.2) is 17.2 Å². The Kier molecular flexibility index (Phi) is 9.13. The maximum atomic E-state index is 12.7. The Hall–Kier alpha value is -1.65. The van der Waals surface area contributed by atoms with Crippen molar-refractivity contribution in [3.05, 3.63) is 17.8 Å². The van der Waals surface area contributed by atoms with Gasteiger partial charge in [-0.25, -0.2) is 13.4 Å². The highest BCUT2D eigenvalue weighted by atomic mass is 32.2. The Balaban J connectivity index is 1.93. The van der Waals surface area contributed by atoms with Gasteiger partial charge in [0.1, 0.15) is 5.82 Å². The molecule has 2 rings (SSSR count). The van der Waals surface area contributed by atoms with Crippen LogP contribution in [0, 0.1) is 11.3 Å². The molecular weight excluding hydrogens is 448 g/mol. The van der Waals surface area contributed by atoms with E-state index in [9.17, 15) is 18.0 Å². The summed E-state index contributed by atoms with van der Waals surface area (Å²) in [6, 6.07) is 1.89. The van der Waals surface area contributed by atoms with Crippen LogP contribution in [0.1, 0.15) is 46.1 Å². The third-order valence-electron chi connectivity index (χ3n) is 5.27. The summed E-state index contributed by atoms with van der Waals surface area (Å²) >= 11 is 1.59. The van der Waals surface area contributed by atoms with E-state index in [1.54, 1.807) is 22.9 Å². The van der Waals surface area contributed by atoms with E-state index >= 15 is 0 Å². The number of carbonyl (C=O) groups is 2. The average Bonchev–Trinajstić information content (AvgIpc) is 2.67. The number of carbonyl (C=O) groups excluding carboxylic acids is 2. The summed E-state index contributed by atoms with van der Waals surface area (Å²) in [7, 11) is -3.21. The maximum Gasteiger partial charge on any atom is 0.226 e. The van der Waals surface area contributed by atoms with Gasteiger partial charge in [0.2, 0.25) is 21.8 Å². The van der Waals surface area contributed by atoms with E-state index in [2.05, 4.69) is 10.3 Å². The lowest BCUT2D eigenvalue weighted by atomic mass is 9.92. The van der Waals surface area contributed by atoms with Crippen molar-refractivity contribution in [1.82, 2.24) is 14.2 Å². The minimum atomic E-state index is -3.21. The standard InChI is InChI=1S/C22H36N4O4S2/c1-16(12-21(28)25-7-9-26(10-8-25)32(6,29)30)11-17-15-23-19(13-18(17)31-5)24-20(27)14-22(2,3)4/h13,15-16H,7-12,14H2,1-6H3,(H,23,24,27)/t16-/m0/s1. The zero-order valence-corrected chi connectivity index (χ0v) is 21.6. The van der Waals surface area contributed by atoms with Gasteiger partial charge >= 0.3 is 0 Å². The molecule has 1 aromatic rings. The summed E-state index contributed by atoms with van der Waals surface area (Å²) in [6.07, 6.45) is 6.49. The number of aromatic nitrogens is 1. The van der Waals surface area contributed by atoms with Crippen molar-refractivity contribution in [2.75, 3.05) is 44.0 Å². The molecule has 2 amide bonds. The van der Waals surface area contributed by atoms with Crippen LogP contribution < -0.4 is 5.32 Å². The smallest absolute Gasteiger partial charge is 0.226 e. The molecule has 0 aliphatic carbocycles. The number of pyridine rings is 1. The molecular formula is C22H36N4O4S2. The molecule has 0 spiro atoms. The number of anilines is 1. The third-order valence-corrected chi connectivity index (χ3v) is 7.40. The lowest BCUT2D eigenvalue weighted by Gasteiger charge is -2.33. The topological polar surface area (TPSA) is 99.7 Å². The molecule has 1 fully saturated rings. The van der Waals surface area contributed by atoms with Gasteiger partial charge in [-0.05, 0) is 35.6 Å². The minimum absolute atomic E-state index is 0.0513. The first-order chi connectivity index (χ1) is 14.8. The van der Waals surface area contributed by atoms with Crippen LogP contribution in [-0.2, 0) is 26.0 Å². The van der Waals surface area contributed by atoms with Crippen LogP contribution in [0.2, 0.25) is 0 Å². The van der Waals surface area contributed by atoms with Crippen LogP contribution in [0.3, 0.4) is 0 Å². The summed E-state index contributed by atoms with van der Waals surface area (Å²) in [5.41, 5.74) is 0.958. The molecule has 1 atom stereocenters. The molecule has 1 aliphatic rings. The highest BCUT2D eigenvalue weighted by Crippen LogP contribution is 2.27. The number of nitrogens with zero attached hydrogens (tertiary/aromatic N) is 3. The quantitative estimate of drug-likeness (QED) is 0.570. The molecule has 10 heteroatoms. The molecule has 32 heavy (non-hydrogen) atoms. The molecule has 180 valence electrons. The number of amides is 2. The van der Waals surface area contributed by atoms with E-state index in [-0.39, 0.29) is 23.1 Å². The highest BCUT2D eigenvalue weighted by molar-refractivity contribution is 7.98. The molecule has 0 bridgehead atoms. The molecule has 0 saturated carbocycles. The predicted molar refractivity (Wildman–Crippen MR) is 129 cm³/mol. The van der Waals surface area contributed by atoms with Gasteiger partial charge < -0.3 is 10.2 Å². The fraction of sp³-hybridized carbons (Fsp3) is 0.682. The molecule has 1 N–H and O–H groups in total. The van der Waals surface area contributed by atoms with Gasteiger partial charge in [-0.3, -0.25) is 9.59 Å². The molecule has 0 radical (unpaired) electrons. The fourth-order valence-corrected chi connectivity index (χ4v) is 5.14. The van der Waals surface area contributed by atoms with Gasteiger partial charge in [0.05, 0.1) is 6.26 Å². The third kappa shape index (κ3) is 8.37. The van der Waals surface area contributed by atoms with Crippen molar-refractivity contribution in [2.45, 2.75) is 51.9 Å². The second-order valence-corrected chi connectivity index (χ2v) is 12.6. The molecule has 1 aliphatic heterocycles. The van der Waals surface area contributed by atoms with E-state index in [0.29, 0.717) is 51.3 Å². The van der Waals surface area contributed by atoms with E-state index in [1.165, 1.54) is 10.6 Å². The van der Waals surface area contributed by atoms with Gasteiger partial charge in [0.15, 0.2) is 0 Å². The van der Waals surface area contributed by atoms with Gasteiger partial charge in [0.25, 0.3) is 0 Å². The van der Waals surface area contributed by atoms with Crippen LogP contribution in [0.4, 0.5) is 5.82 Å². The maximum absolute atomic E-state index is 12.7. The lowest BCUT2D eigenvalue weighted by Crippen LogP contribution is -2.50. The highest BCUT2D eigenvalue weighted by Gasteiger charge is 2.27. The van der Waals surface area contributed by atoms with Crippen molar-refractivity contribution >= 4 is 39.4 Å². The van der Waals surface area contributed by atoms with Crippen LogP contribution in [0.25, 0.3) is 0 Å². The number of rotatable bonds is 8. The molecule has 8 nitrogen and oxygen atoms in total. The van der Waals surface area contributed by atoms with E-state index in [0.717, 1.165) is 10.5 Å². The summed E-state index contributed by atoms with van der Waals surface area (Å²) in [5, 5.41) is 2.87.